The molecule has 0 unspecified atom stereocenters. The lowest BCUT2D eigenvalue weighted by atomic mass is 10.2. The molecule has 1 aromatic carbocycles. The highest BCUT2D eigenvalue weighted by atomic mass is 79.9. The first kappa shape index (κ1) is 15.5. The van der Waals surface area contributed by atoms with Gasteiger partial charge in [-0.1, -0.05) is 29.3 Å². The molecule has 0 saturated carbocycles. The normalized spacial score (nSPS) is 10.0. The van der Waals surface area contributed by atoms with Gasteiger partial charge in [-0.15, -0.1) is 0 Å². The Labute approximate surface area is 120 Å². The molecule has 104 valence electrons. The van der Waals surface area contributed by atoms with Gasteiger partial charge < -0.3 is 15.2 Å². The smallest absolute Gasteiger partial charge is 0.342 e. The van der Waals surface area contributed by atoms with Crippen LogP contribution in [0.5, 0.6) is 5.75 Å². The third-order valence-corrected chi connectivity index (χ3v) is 2.86. The molecule has 1 aromatic rings. The molecule has 0 radical (unpaired) electrons. The molecule has 0 spiro atoms. The Morgan fingerprint density at radius 1 is 1.42 bits per heavy atom. The van der Waals surface area contributed by atoms with E-state index in [0.29, 0.717) is 11.0 Å². The molecule has 0 aromatic heterocycles. The maximum atomic E-state index is 11.7. The molecule has 0 heterocycles. The van der Waals surface area contributed by atoms with Gasteiger partial charge in [0.05, 0.1) is 0 Å². The van der Waals surface area contributed by atoms with Gasteiger partial charge in [-0.2, -0.15) is 0 Å². The molecule has 1 amide bonds. The molecule has 0 aliphatic carbocycles. The minimum Gasteiger partial charge on any atom is -0.507 e. The molecule has 1 rings (SSSR count). The minimum atomic E-state index is -0.732. The summed E-state index contributed by atoms with van der Waals surface area (Å²) in [7, 11) is 0. The van der Waals surface area contributed by atoms with E-state index in [4.69, 9.17) is 4.74 Å². The van der Waals surface area contributed by atoms with Crippen LogP contribution in [-0.2, 0) is 9.53 Å². The number of hydrogen-bond acceptors (Lipinski definition) is 4. The number of hydrogen-bond donors (Lipinski definition) is 2. The van der Waals surface area contributed by atoms with E-state index >= 15 is 0 Å². The summed E-state index contributed by atoms with van der Waals surface area (Å²) >= 11 is 3.19. The Morgan fingerprint density at radius 3 is 2.84 bits per heavy atom. The summed E-state index contributed by atoms with van der Waals surface area (Å²) in [4.78, 5) is 23.0. The van der Waals surface area contributed by atoms with Crippen LogP contribution in [0.3, 0.4) is 0 Å². The predicted molar refractivity (Wildman–Crippen MR) is 74.0 cm³/mol. The molecular weight excluding hydrogens is 314 g/mol. The van der Waals surface area contributed by atoms with Crippen molar-refractivity contribution in [2.24, 2.45) is 0 Å². The lowest BCUT2D eigenvalue weighted by Crippen LogP contribution is -2.29. The number of ether oxygens (including phenoxy) is 1. The van der Waals surface area contributed by atoms with Crippen molar-refractivity contribution in [1.82, 2.24) is 5.32 Å². The van der Waals surface area contributed by atoms with E-state index in [1.165, 1.54) is 12.1 Å². The summed E-state index contributed by atoms with van der Waals surface area (Å²) in [5, 5.41) is 12.2. The van der Waals surface area contributed by atoms with Crippen molar-refractivity contribution in [3.05, 3.63) is 28.2 Å². The summed E-state index contributed by atoms with van der Waals surface area (Å²) in [6, 6.07) is 4.41. The number of aromatic hydroxyl groups is 1. The molecule has 5 nitrogen and oxygen atoms in total. The van der Waals surface area contributed by atoms with Gasteiger partial charge in [0.2, 0.25) is 0 Å². The van der Waals surface area contributed by atoms with Gasteiger partial charge in [0.1, 0.15) is 11.3 Å². The topological polar surface area (TPSA) is 75.6 Å². The number of carbonyl (C=O) groups excluding carboxylic acids is 2. The second-order valence-corrected chi connectivity index (χ2v) is 4.86. The lowest BCUT2D eigenvalue weighted by Gasteiger charge is -2.07. The minimum absolute atomic E-state index is 0.0238. The first-order valence-corrected chi connectivity index (χ1v) is 6.76. The largest absolute Gasteiger partial charge is 0.507 e. The van der Waals surface area contributed by atoms with E-state index in [1.807, 2.05) is 6.92 Å². The highest BCUT2D eigenvalue weighted by molar-refractivity contribution is 9.10. The van der Waals surface area contributed by atoms with Crippen molar-refractivity contribution >= 4 is 27.8 Å². The number of phenols is 1. The van der Waals surface area contributed by atoms with E-state index in [2.05, 4.69) is 21.2 Å². The average Bonchev–Trinajstić information content (AvgIpc) is 2.39. The molecular formula is C13H16BrNO4. The van der Waals surface area contributed by atoms with Crippen molar-refractivity contribution < 1.29 is 19.4 Å². The average molecular weight is 330 g/mol. The van der Waals surface area contributed by atoms with Crippen molar-refractivity contribution in [2.75, 3.05) is 13.2 Å². The van der Waals surface area contributed by atoms with Crippen LogP contribution in [0.2, 0.25) is 0 Å². The van der Waals surface area contributed by atoms with Gasteiger partial charge in [-0.3, -0.25) is 4.79 Å². The molecule has 0 aliphatic heterocycles. The SMILES string of the molecule is CCCCNC(=O)COC(=O)c1cc(Br)ccc1O. The molecule has 0 fully saturated rings. The highest BCUT2D eigenvalue weighted by Crippen LogP contribution is 2.22. The fourth-order valence-electron chi connectivity index (χ4n) is 1.34. The Bertz CT molecular complexity index is 462. The van der Waals surface area contributed by atoms with Gasteiger partial charge in [0, 0.05) is 11.0 Å². The Hall–Kier alpha value is -1.56. The first-order chi connectivity index (χ1) is 9.04. The highest BCUT2D eigenvalue weighted by Gasteiger charge is 2.14. The number of unbranched alkanes of at least 4 members (excludes halogenated alkanes) is 1. The van der Waals surface area contributed by atoms with E-state index in [9.17, 15) is 14.7 Å². The zero-order valence-electron chi connectivity index (χ0n) is 10.6. The molecule has 19 heavy (non-hydrogen) atoms. The number of phenolic OH excluding ortho intramolecular Hbond substituents is 1. The summed E-state index contributed by atoms with van der Waals surface area (Å²) in [6.45, 7) is 2.23. The summed E-state index contributed by atoms with van der Waals surface area (Å²) in [6.07, 6.45) is 1.86. The maximum Gasteiger partial charge on any atom is 0.342 e. The van der Waals surface area contributed by atoms with Gasteiger partial charge in [-0.05, 0) is 24.6 Å². The fraction of sp³-hybridized carbons (Fsp3) is 0.385. The lowest BCUT2D eigenvalue weighted by molar-refractivity contribution is -0.124. The van der Waals surface area contributed by atoms with E-state index in [0.717, 1.165) is 12.8 Å². The standard InChI is InChI=1S/C13H16BrNO4/c1-2-3-6-15-12(17)8-19-13(18)10-7-9(14)4-5-11(10)16/h4-5,7,16H,2-3,6,8H2,1H3,(H,15,17). The van der Waals surface area contributed by atoms with Gasteiger partial charge in [-0.25, -0.2) is 4.79 Å². The number of nitrogens with one attached hydrogen (secondary N) is 1. The van der Waals surface area contributed by atoms with E-state index < -0.39 is 5.97 Å². The van der Waals surface area contributed by atoms with Gasteiger partial charge in [0.25, 0.3) is 5.91 Å². The first-order valence-electron chi connectivity index (χ1n) is 5.97. The summed E-state index contributed by atoms with van der Waals surface area (Å²) in [5.41, 5.74) is 0.0238. The van der Waals surface area contributed by atoms with E-state index in [1.54, 1.807) is 6.07 Å². The zero-order valence-corrected chi connectivity index (χ0v) is 12.2. The van der Waals surface area contributed by atoms with Gasteiger partial charge >= 0.3 is 5.97 Å². The van der Waals surface area contributed by atoms with Crippen LogP contribution in [0.4, 0.5) is 0 Å². The predicted octanol–water partition coefficient (Wildman–Crippen LogP) is 2.23. The maximum absolute atomic E-state index is 11.7. The van der Waals surface area contributed by atoms with Crippen molar-refractivity contribution in [2.45, 2.75) is 19.8 Å². The molecule has 0 saturated heterocycles. The van der Waals surface area contributed by atoms with Crippen LogP contribution in [0.1, 0.15) is 30.1 Å². The fourth-order valence-corrected chi connectivity index (χ4v) is 1.70. The second-order valence-electron chi connectivity index (χ2n) is 3.94. The number of halogens is 1. The van der Waals surface area contributed by atoms with Crippen LogP contribution >= 0.6 is 15.9 Å². The van der Waals surface area contributed by atoms with E-state index in [-0.39, 0.29) is 23.8 Å². The van der Waals surface area contributed by atoms with Crippen molar-refractivity contribution in [1.29, 1.82) is 0 Å². The number of esters is 1. The number of rotatable bonds is 6. The van der Waals surface area contributed by atoms with Gasteiger partial charge in [0.15, 0.2) is 6.61 Å². The van der Waals surface area contributed by atoms with Crippen LogP contribution in [0.25, 0.3) is 0 Å². The monoisotopic (exact) mass is 329 g/mol. The molecule has 6 heteroatoms. The summed E-state index contributed by atoms with van der Waals surface area (Å²) in [5.74, 6) is -1.26. The van der Waals surface area contributed by atoms with Crippen LogP contribution in [0, 0.1) is 0 Å². The molecule has 0 aliphatic rings. The zero-order chi connectivity index (χ0) is 14.3. The van der Waals surface area contributed by atoms with Crippen molar-refractivity contribution in [3.8, 4) is 5.75 Å². The van der Waals surface area contributed by atoms with Crippen LogP contribution < -0.4 is 5.32 Å². The molecule has 2 N–H and O–H groups in total. The molecule has 0 atom stereocenters. The Kier molecular flexibility index (Phi) is 6.35. The Morgan fingerprint density at radius 2 is 2.16 bits per heavy atom. The van der Waals surface area contributed by atoms with Crippen molar-refractivity contribution in [3.63, 3.8) is 0 Å². The number of amides is 1. The quantitative estimate of drug-likeness (QED) is 0.619. The number of benzene rings is 1. The Balaban J connectivity index is 2.47. The third kappa shape index (κ3) is 5.30. The van der Waals surface area contributed by atoms with Crippen LogP contribution in [0.15, 0.2) is 22.7 Å². The van der Waals surface area contributed by atoms with Crippen LogP contribution in [-0.4, -0.2) is 30.1 Å². The number of carbonyl (C=O) groups is 2. The molecule has 0 bridgehead atoms. The summed E-state index contributed by atoms with van der Waals surface area (Å²) < 4.78 is 5.47. The third-order valence-electron chi connectivity index (χ3n) is 2.37. The second kappa shape index (κ2) is 7.78.